The first kappa shape index (κ1) is 15.1. The monoisotopic (exact) mass is 301 g/mol. The third-order valence-electron chi connectivity index (χ3n) is 4.51. The number of carbonyl (C=O) groups is 1. The Morgan fingerprint density at radius 1 is 1.41 bits per heavy atom. The summed E-state index contributed by atoms with van der Waals surface area (Å²) < 4.78 is 11.2. The molecule has 0 unspecified atom stereocenters. The van der Waals surface area contributed by atoms with Crippen LogP contribution in [0.25, 0.3) is 0 Å². The molecule has 22 heavy (non-hydrogen) atoms. The van der Waals surface area contributed by atoms with Gasteiger partial charge in [-0.3, -0.25) is 4.79 Å². The SMILES string of the molecule is C=CCOc1ccc(CN(C)C(=O)[C@H]2C[C@H]3CC[C@H]2O3)cc1. The first-order valence-electron chi connectivity index (χ1n) is 7.90. The zero-order chi connectivity index (χ0) is 15.5. The van der Waals surface area contributed by atoms with E-state index in [9.17, 15) is 4.79 Å². The minimum Gasteiger partial charge on any atom is -0.490 e. The normalized spacial score (nSPS) is 26.0. The van der Waals surface area contributed by atoms with Crippen LogP contribution < -0.4 is 4.74 Å². The van der Waals surface area contributed by atoms with E-state index in [0.717, 1.165) is 30.6 Å². The van der Waals surface area contributed by atoms with Gasteiger partial charge < -0.3 is 14.4 Å². The number of nitrogens with zero attached hydrogens (tertiary/aromatic N) is 1. The van der Waals surface area contributed by atoms with Crippen LogP contribution in [0.5, 0.6) is 5.75 Å². The summed E-state index contributed by atoms with van der Waals surface area (Å²) in [4.78, 5) is 14.4. The van der Waals surface area contributed by atoms with E-state index >= 15 is 0 Å². The minimum atomic E-state index is 0.0546. The molecule has 2 bridgehead atoms. The second kappa shape index (κ2) is 6.53. The van der Waals surface area contributed by atoms with Gasteiger partial charge in [0, 0.05) is 13.6 Å². The zero-order valence-electron chi connectivity index (χ0n) is 13.0. The fraction of sp³-hybridized carbons (Fsp3) is 0.500. The van der Waals surface area contributed by atoms with Gasteiger partial charge in [-0.2, -0.15) is 0 Å². The van der Waals surface area contributed by atoms with Crippen LogP contribution >= 0.6 is 0 Å². The lowest BCUT2D eigenvalue weighted by atomic mass is 9.88. The van der Waals surface area contributed by atoms with E-state index in [0.29, 0.717) is 19.3 Å². The molecule has 4 heteroatoms. The number of amides is 1. The van der Waals surface area contributed by atoms with Crippen molar-refractivity contribution in [2.45, 2.75) is 38.0 Å². The molecule has 1 aromatic rings. The topological polar surface area (TPSA) is 38.8 Å². The zero-order valence-corrected chi connectivity index (χ0v) is 13.0. The quantitative estimate of drug-likeness (QED) is 0.758. The first-order chi connectivity index (χ1) is 10.7. The number of carbonyl (C=O) groups excluding carboxylic acids is 1. The first-order valence-corrected chi connectivity index (χ1v) is 7.90. The third kappa shape index (κ3) is 3.17. The molecule has 2 saturated heterocycles. The average Bonchev–Trinajstić information content (AvgIpc) is 3.16. The fourth-order valence-corrected chi connectivity index (χ4v) is 3.38. The molecule has 2 heterocycles. The van der Waals surface area contributed by atoms with Crippen LogP contribution in [0.4, 0.5) is 0 Å². The molecule has 0 spiro atoms. The number of ether oxygens (including phenoxy) is 2. The van der Waals surface area contributed by atoms with Gasteiger partial charge in [-0.15, -0.1) is 0 Å². The van der Waals surface area contributed by atoms with Crippen molar-refractivity contribution in [2.75, 3.05) is 13.7 Å². The molecule has 0 N–H and O–H groups in total. The van der Waals surface area contributed by atoms with Crippen molar-refractivity contribution in [3.63, 3.8) is 0 Å². The lowest BCUT2D eigenvalue weighted by Gasteiger charge is -2.25. The van der Waals surface area contributed by atoms with Gasteiger partial charge in [0.15, 0.2) is 0 Å². The summed E-state index contributed by atoms with van der Waals surface area (Å²) in [6, 6.07) is 7.86. The largest absolute Gasteiger partial charge is 0.490 e. The van der Waals surface area contributed by atoms with Crippen LogP contribution in [0, 0.1) is 5.92 Å². The highest BCUT2D eigenvalue weighted by molar-refractivity contribution is 5.79. The number of rotatable bonds is 6. The van der Waals surface area contributed by atoms with Crippen LogP contribution in [0.2, 0.25) is 0 Å². The summed E-state index contributed by atoms with van der Waals surface area (Å²) in [5.41, 5.74) is 1.10. The van der Waals surface area contributed by atoms with Crippen molar-refractivity contribution in [1.29, 1.82) is 0 Å². The van der Waals surface area contributed by atoms with E-state index in [2.05, 4.69) is 6.58 Å². The van der Waals surface area contributed by atoms with Crippen molar-refractivity contribution < 1.29 is 14.3 Å². The molecule has 0 saturated carbocycles. The van der Waals surface area contributed by atoms with Crippen molar-refractivity contribution in [1.82, 2.24) is 4.90 Å². The van der Waals surface area contributed by atoms with Crippen molar-refractivity contribution in [3.05, 3.63) is 42.5 Å². The average molecular weight is 301 g/mol. The van der Waals surface area contributed by atoms with E-state index in [4.69, 9.17) is 9.47 Å². The Labute approximate surface area is 131 Å². The van der Waals surface area contributed by atoms with Crippen molar-refractivity contribution >= 4 is 5.91 Å². The van der Waals surface area contributed by atoms with E-state index in [-0.39, 0.29) is 17.9 Å². The van der Waals surface area contributed by atoms with Crippen LogP contribution in [0.15, 0.2) is 36.9 Å². The molecule has 2 aliphatic rings. The lowest BCUT2D eigenvalue weighted by Crippen LogP contribution is -2.37. The second-order valence-electron chi connectivity index (χ2n) is 6.15. The number of fused-ring (bicyclic) bond motifs is 2. The summed E-state index contributed by atoms with van der Waals surface area (Å²) in [6.45, 7) is 4.75. The van der Waals surface area contributed by atoms with Crippen LogP contribution in [-0.2, 0) is 16.1 Å². The van der Waals surface area contributed by atoms with Gasteiger partial charge in [-0.1, -0.05) is 24.8 Å². The molecule has 0 aromatic heterocycles. The highest BCUT2D eigenvalue weighted by Gasteiger charge is 2.45. The smallest absolute Gasteiger partial charge is 0.228 e. The third-order valence-corrected chi connectivity index (χ3v) is 4.51. The molecule has 3 rings (SSSR count). The van der Waals surface area contributed by atoms with Gasteiger partial charge in [0.25, 0.3) is 0 Å². The Morgan fingerprint density at radius 2 is 2.18 bits per heavy atom. The minimum absolute atomic E-state index is 0.0546. The Hall–Kier alpha value is -1.81. The maximum absolute atomic E-state index is 12.6. The number of hydrogen-bond donors (Lipinski definition) is 0. The molecule has 1 aromatic carbocycles. The van der Waals surface area contributed by atoms with Crippen LogP contribution in [-0.4, -0.2) is 36.7 Å². The fourth-order valence-electron chi connectivity index (χ4n) is 3.38. The Balaban J connectivity index is 1.55. The summed E-state index contributed by atoms with van der Waals surface area (Å²) in [5.74, 6) is 1.08. The Bertz CT molecular complexity index is 540. The molecule has 0 radical (unpaired) electrons. The molecular formula is C18H23NO3. The summed E-state index contributed by atoms with van der Waals surface area (Å²) in [6.07, 6.45) is 5.22. The van der Waals surface area contributed by atoms with Gasteiger partial charge in [-0.05, 0) is 37.0 Å². The Morgan fingerprint density at radius 3 is 2.77 bits per heavy atom. The predicted octanol–water partition coefficient (Wildman–Crippen LogP) is 2.78. The molecule has 2 fully saturated rings. The number of hydrogen-bond acceptors (Lipinski definition) is 3. The molecular weight excluding hydrogens is 278 g/mol. The molecule has 1 amide bonds. The van der Waals surface area contributed by atoms with Gasteiger partial charge in [0.2, 0.25) is 5.91 Å². The molecule has 3 atom stereocenters. The second-order valence-corrected chi connectivity index (χ2v) is 6.15. The predicted molar refractivity (Wildman–Crippen MR) is 84.6 cm³/mol. The summed E-state index contributed by atoms with van der Waals surface area (Å²) in [7, 11) is 1.87. The lowest BCUT2D eigenvalue weighted by molar-refractivity contribution is -0.136. The van der Waals surface area contributed by atoms with E-state index in [1.165, 1.54) is 0 Å². The van der Waals surface area contributed by atoms with Crippen LogP contribution in [0.3, 0.4) is 0 Å². The van der Waals surface area contributed by atoms with E-state index < -0.39 is 0 Å². The van der Waals surface area contributed by atoms with Gasteiger partial charge in [-0.25, -0.2) is 0 Å². The molecule has 118 valence electrons. The summed E-state index contributed by atoms with van der Waals surface area (Å²) >= 11 is 0. The van der Waals surface area contributed by atoms with Gasteiger partial charge in [0.1, 0.15) is 12.4 Å². The molecule has 4 nitrogen and oxygen atoms in total. The molecule has 2 aliphatic heterocycles. The maximum Gasteiger partial charge on any atom is 0.228 e. The summed E-state index contributed by atoms with van der Waals surface area (Å²) in [5, 5.41) is 0. The van der Waals surface area contributed by atoms with Crippen molar-refractivity contribution in [3.8, 4) is 5.75 Å². The van der Waals surface area contributed by atoms with E-state index in [1.54, 1.807) is 6.08 Å². The Kier molecular flexibility index (Phi) is 4.48. The highest BCUT2D eigenvalue weighted by atomic mass is 16.5. The number of benzene rings is 1. The van der Waals surface area contributed by atoms with Gasteiger partial charge in [0.05, 0.1) is 18.1 Å². The van der Waals surface area contributed by atoms with Gasteiger partial charge >= 0.3 is 0 Å². The maximum atomic E-state index is 12.6. The van der Waals surface area contributed by atoms with Crippen molar-refractivity contribution in [2.24, 2.45) is 5.92 Å². The molecule has 0 aliphatic carbocycles. The standard InChI is InChI=1S/C18H23NO3/c1-3-10-21-14-6-4-13(5-7-14)12-19(2)18(20)16-11-15-8-9-17(16)22-15/h3-7,15-17H,1,8-12H2,2H3/t15-,16+,17-/m1/s1. The van der Waals surface area contributed by atoms with E-state index in [1.807, 2.05) is 36.2 Å². The van der Waals surface area contributed by atoms with Crippen LogP contribution in [0.1, 0.15) is 24.8 Å². The highest BCUT2D eigenvalue weighted by Crippen LogP contribution is 2.39.